The Morgan fingerprint density at radius 1 is 0.789 bits per heavy atom. The quantitative estimate of drug-likeness (QED) is 0.642. The number of hydrogen-bond donors (Lipinski definition) is 1. The fourth-order valence-electron chi connectivity index (χ4n) is 2.16. The number of aliphatic hydroxyl groups is 1. The second-order valence-electron chi connectivity index (χ2n) is 4.91. The first kappa shape index (κ1) is 13.8. The molecular formula is C18H22O. The first-order valence-electron chi connectivity index (χ1n) is 7.17. The third-order valence-corrected chi connectivity index (χ3v) is 3.34. The summed E-state index contributed by atoms with van der Waals surface area (Å²) in [5.74, 6) is 0. The van der Waals surface area contributed by atoms with Gasteiger partial charge in [-0.25, -0.2) is 0 Å². The standard InChI is InChI=1S/C12H8.C6H14O/c1-2-4-9(5-3-1)11-7-6-10-8-12(10)11;1-2-3-4-5-6-7/h1-8H;7H,2-6H2,1H3. The molecule has 2 aliphatic carbocycles. The Labute approximate surface area is 115 Å². The SMILES string of the molecule is CCCCCCO.c1ccc(-c2ccc3cc2-3)cc1. The van der Waals surface area contributed by atoms with Crippen LogP contribution in [0.25, 0.3) is 22.3 Å². The Morgan fingerprint density at radius 2 is 1.58 bits per heavy atom. The van der Waals surface area contributed by atoms with E-state index in [1.54, 1.807) is 0 Å². The van der Waals surface area contributed by atoms with Gasteiger partial charge in [0, 0.05) is 6.61 Å². The zero-order valence-corrected chi connectivity index (χ0v) is 11.6. The maximum atomic E-state index is 8.29. The Hall–Kier alpha value is -1.60. The van der Waals surface area contributed by atoms with E-state index in [4.69, 9.17) is 5.11 Å². The Bertz CT molecular complexity index is 498. The van der Waals surface area contributed by atoms with Gasteiger partial charge < -0.3 is 5.11 Å². The maximum Gasteiger partial charge on any atom is 0.0431 e. The molecule has 0 unspecified atom stereocenters. The summed E-state index contributed by atoms with van der Waals surface area (Å²) in [4.78, 5) is 0. The summed E-state index contributed by atoms with van der Waals surface area (Å²) in [6, 6.07) is 17.1. The van der Waals surface area contributed by atoms with Gasteiger partial charge in [-0.05, 0) is 34.7 Å². The van der Waals surface area contributed by atoms with Crippen LogP contribution in [-0.4, -0.2) is 11.7 Å². The molecule has 3 rings (SSSR count). The fraction of sp³-hybridized carbons (Fsp3) is 0.333. The van der Waals surface area contributed by atoms with Crippen molar-refractivity contribution >= 4 is 0 Å². The van der Waals surface area contributed by atoms with Crippen LogP contribution in [-0.2, 0) is 0 Å². The number of hydrogen-bond acceptors (Lipinski definition) is 1. The van der Waals surface area contributed by atoms with Crippen LogP contribution in [0.2, 0.25) is 0 Å². The van der Waals surface area contributed by atoms with E-state index in [2.05, 4.69) is 55.5 Å². The minimum Gasteiger partial charge on any atom is -0.396 e. The van der Waals surface area contributed by atoms with Gasteiger partial charge in [0.15, 0.2) is 0 Å². The molecule has 0 amide bonds. The van der Waals surface area contributed by atoms with E-state index >= 15 is 0 Å². The van der Waals surface area contributed by atoms with Crippen LogP contribution in [0.4, 0.5) is 0 Å². The second kappa shape index (κ2) is 7.10. The van der Waals surface area contributed by atoms with Crippen molar-refractivity contribution in [3.05, 3.63) is 48.5 Å². The minimum atomic E-state index is 0.361. The van der Waals surface area contributed by atoms with Crippen molar-refractivity contribution in [3.8, 4) is 22.3 Å². The first-order chi connectivity index (χ1) is 9.36. The molecule has 0 atom stereocenters. The summed E-state index contributed by atoms with van der Waals surface area (Å²) < 4.78 is 0. The van der Waals surface area contributed by atoms with Gasteiger partial charge in [0.1, 0.15) is 0 Å². The number of unbranched alkanes of at least 4 members (excludes halogenated alkanes) is 3. The molecule has 2 aliphatic rings. The highest BCUT2D eigenvalue weighted by Crippen LogP contribution is 2.43. The molecule has 0 bridgehead atoms. The molecule has 19 heavy (non-hydrogen) atoms. The third-order valence-electron chi connectivity index (χ3n) is 3.34. The average Bonchev–Trinajstić information content (AvgIpc) is 3.12. The number of rotatable bonds is 5. The normalized spacial score (nSPS) is 10.6. The topological polar surface area (TPSA) is 20.2 Å². The van der Waals surface area contributed by atoms with Crippen LogP contribution in [0.15, 0.2) is 48.5 Å². The van der Waals surface area contributed by atoms with Crippen LogP contribution in [0.5, 0.6) is 0 Å². The maximum absolute atomic E-state index is 8.29. The predicted octanol–water partition coefficient (Wildman–Crippen LogP) is 4.89. The molecule has 100 valence electrons. The average molecular weight is 254 g/mol. The second-order valence-corrected chi connectivity index (χ2v) is 4.91. The van der Waals surface area contributed by atoms with Crippen molar-refractivity contribution < 1.29 is 5.11 Å². The summed E-state index contributed by atoms with van der Waals surface area (Å²) in [5.41, 5.74) is 5.55. The van der Waals surface area contributed by atoms with E-state index in [1.807, 2.05) is 0 Å². The van der Waals surface area contributed by atoms with Crippen molar-refractivity contribution in [2.45, 2.75) is 32.6 Å². The van der Waals surface area contributed by atoms with Crippen molar-refractivity contribution in [2.24, 2.45) is 0 Å². The van der Waals surface area contributed by atoms with Gasteiger partial charge in [0.25, 0.3) is 0 Å². The molecule has 1 aromatic carbocycles. The molecule has 0 spiro atoms. The van der Waals surface area contributed by atoms with E-state index in [-0.39, 0.29) is 0 Å². The lowest BCUT2D eigenvalue weighted by Gasteiger charge is -1.95. The van der Waals surface area contributed by atoms with Crippen molar-refractivity contribution in [1.82, 2.24) is 0 Å². The number of benzene rings is 2. The molecule has 0 fully saturated rings. The Kier molecular flexibility index (Phi) is 5.17. The fourth-order valence-corrected chi connectivity index (χ4v) is 2.16. The largest absolute Gasteiger partial charge is 0.396 e. The van der Waals surface area contributed by atoms with Gasteiger partial charge in [0.05, 0.1) is 0 Å². The highest BCUT2D eigenvalue weighted by Gasteiger charge is 2.17. The van der Waals surface area contributed by atoms with Crippen LogP contribution < -0.4 is 0 Å². The summed E-state index contributed by atoms with van der Waals surface area (Å²) in [5, 5.41) is 8.29. The monoisotopic (exact) mass is 254 g/mol. The van der Waals surface area contributed by atoms with E-state index in [0.29, 0.717) is 6.61 Å². The lowest BCUT2D eigenvalue weighted by molar-refractivity contribution is 0.283. The van der Waals surface area contributed by atoms with Gasteiger partial charge in [0.2, 0.25) is 0 Å². The molecule has 0 aromatic heterocycles. The van der Waals surface area contributed by atoms with E-state index in [9.17, 15) is 0 Å². The van der Waals surface area contributed by atoms with Gasteiger partial charge in [-0.3, -0.25) is 0 Å². The van der Waals surface area contributed by atoms with Crippen LogP contribution in [0.1, 0.15) is 32.6 Å². The van der Waals surface area contributed by atoms with Crippen molar-refractivity contribution in [3.63, 3.8) is 0 Å². The zero-order valence-electron chi connectivity index (χ0n) is 11.6. The van der Waals surface area contributed by atoms with Crippen molar-refractivity contribution in [2.75, 3.05) is 6.61 Å². The number of fused-ring (bicyclic) bond motifs is 1. The number of aliphatic hydroxyl groups excluding tert-OH is 1. The lowest BCUT2D eigenvalue weighted by Crippen LogP contribution is -1.80. The van der Waals surface area contributed by atoms with Gasteiger partial charge in [-0.1, -0.05) is 68.7 Å². The summed E-state index contributed by atoms with van der Waals surface area (Å²) in [6.45, 7) is 2.53. The zero-order chi connectivity index (χ0) is 13.5. The smallest absolute Gasteiger partial charge is 0.0431 e. The highest BCUT2D eigenvalue weighted by molar-refractivity contribution is 5.95. The molecule has 1 nitrogen and oxygen atoms in total. The Balaban J connectivity index is 0.000000167. The molecule has 0 heterocycles. The van der Waals surface area contributed by atoms with Crippen molar-refractivity contribution in [1.29, 1.82) is 0 Å². The van der Waals surface area contributed by atoms with Gasteiger partial charge in [-0.15, -0.1) is 0 Å². The molecule has 0 radical (unpaired) electrons. The molecule has 0 aliphatic heterocycles. The molecule has 1 N–H and O–H groups in total. The molecule has 0 saturated heterocycles. The van der Waals surface area contributed by atoms with E-state index < -0.39 is 0 Å². The minimum absolute atomic E-state index is 0.361. The third kappa shape index (κ3) is 3.93. The van der Waals surface area contributed by atoms with E-state index in [0.717, 1.165) is 6.42 Å². The van der Waals surface area contributed by atoms with Gasteiger partial charge >= 0.3 is 0 Å². The summed E-state index contributed by atoms with van der Waals surface area (Å²) >= 11 is 0. The Morgan fingerprint density at radius 3 is 2.11 bits per heavy atom. The molecule has 1 aromatic rings. The van der Waals surface area contributed by atoms with E-state index in [1.165, 1.54) is 41.5 Å². The van der Waals surface area contributed by atoms with Crippen LogP contribution in [0, 0.1) is 0 Å². The predicted molar refractivity (Wildman–Crippen MR) is 82.1 cm³/mol. The van der Waals surface area contributed by atoms with Crippen LogP contribution >= 0.6 is 0 Å². The molecule has 1 heteroatoms. The molecular weight excluding hydrogens is 232 g/mol. The highest BCUT2D eigenvalue weighted by atomic mass is 16.2. The van der Waals surface area contributed by atoms with Gasteiger partial charge in [-0.2, -0.15) is 0 Å². The molecule has 0 saturated carbocycles. The summed E-state index contributed by atoms with van der Waals surface area (Å²) in [6.07, 6.45) is 4.68. The lowest BCUT2D eigenvalue weighted by atomic mass is 10.1. The first-order valence-corrected chi connectivity index (χ1v) is 7.17. The summed E-state index contributed by atoms with van der Waals surface area (Å²) in [7, 11) is 0. The van der Waals surface area contributed by atoms with Crippen LogP contribution in [0.3, 0.4) is 0 Å².